The number of hydrogen-bond acceptors (Lipinski definition) is 6. The van der Waals surface area contributed by atoms with Crippen LogP contribution >= 0.6 is 34.0 Å². The minimum absolute atomic E-state index is 0.258. The quantitative estimate of drug-likeness (QED) is 0.146. The predicted molar refractivity (Wildman–Crippen MR) is 191 cm³/mol. The van der Waals surface area contributed by atoms with Crippen LogP contribution in [0.5, 0.6) is 0 Å². The third-order valence-electron chi connectivity index (χ3n) is 7.87. The van der Waals surface area contributed by atoms with E-state index in [1.54, 1.807) is 28.7 Å². The summed E-state index contributed by atoms with van der Waals surface area (Å²) in [5, 5.41) is 23.2. The van der Waals surface area contributed by atoms with Crippen LogP contribution in [-0.4, -0.2) is 11.1 Å². The lowest BCUT2D eigenvalue weighted by Gasteiger charge is -2.26. The lowest BCUT2D eigenvalue weighted by molar-refractivity contribution is -0.132. The van der Waals surface area contributed by atoms with Crippen molar-refractivity contribution in [1.82, 2.24) is 0 Å². The monoisotopic (exact) mass is 634 g/mol. The second-order valence-electron chi connectivity index (χ2n) is 10.7. The van der Waals surface area contributed by atoms with E-state index >= 15 is 0 Å². The van der Waals surface area contributed by atoms with Gasteiger partial charge in [-0.15, -0.1) is 34.0 Å². The van der Waals surface area contributed by atoms with Gasteiger partial charge in [-0.2, -0.15) is 5.26 Å². The average Bonchev–Trinajstić information content (AvgIpc) is 3.75. The predicted octanol–water partition coefficient (Wildman–Crippen LogP) is 11.6. The van der Waals surface area contributed by atoms with Crippen molar-refractivity contribution in [3.63, 3.8) is 0 Å². The summed E-state index contributed by atoms with van der Waals surface area (Å²) in [6.45, 7) is 0. The first-order valence-electron chi connectivity index (χ1n) is 14.2. The first kappa shape index (κ1) is 27.3. The molecule has 3 aromatic heterocycles. The van der Waals surface area contributed by atoms with Gasteiger partial charge in [-0.3, -0.25) is 0 Å². The number of carboxylic acid groups (broad SMARTS) is 1. The fraction of sp³-hybridized carbons (Fsp3) is 0. The number of aliphatic carboxylic acids is 1. The summed E-state index contributed by atoms with van der Waals surface area (Å²) in [5.74, 6) is -1.21. The Bertz CT molecular complexity index is 2460. The number of fused-ring (bicyclic) bond motifs is 5. The summed E-state index contributed by atoms with van der Waals surface area (Å²) in [6, 6.07) is 44.9. The van der Waals surface area contributed by atoms with Crippen LogP contribution in [0.15, 0.2) is 127 Å². The first-order valence-corrected chi connectivity index (χ1v) is 16.7. The molecule has 45 heavy (non-hydrogen) atoms. The molecule has 0 radical (unpaired) electrons. The summed E-state index contributed by atoms with van der Waals surface area (Å²) in [6.07, 6.45) is 1.44. The number of nitrogens with zero attached hydrogens (tertiary/aromatic N) is 2. The summed E-state index contributed by atoms with van der Waals surface area (Å²) < 4.78 is 4.63. The van der Waals surface area contributed by atoms with E-state index < -0.39 is 5.97 Å². The molecule has 0 saturated carbocycles. The van der Waals surface area contributed by atoms with E-state index in [0.29, 0.717) is 0 Å². The summed E-state index contributed by atoms with van der Waals surface area (Å²) in [5.41, 5.74) is 4.24. The molecule has 0 unspecified atom stereocenters. The van der Waals surface area contributed by atoms with Crippen molar-refractivity contribution in [2.24, 2.45) is 0 Å². The number of anilines is 3. The van der Waals surface area contributed by atoms with Gasteiger partial charge >= 0.3 is 5.97 Å². The van der Waals surface area contributed by atoms with Crippen LogP contribution in [0.1, 0.15) is 4.88 Å². The van der Waals surface area contributed by atoms with Gasteiger partial charge in [0.1, 0.15) is 11.6 Å². The zero-order chi connectivity index (χ0) is 30.5. The van der Waals surface area contributed by atoms with E-state index in [1.807, 2.05) is 12.1 Å². The van der Waals surface area contributed by atoms with Crippen LogP contribution in [0.4, 0.5) is 17.1 Å². The molecule has 0 aliphatic rings. The molecule has 8 aromatic rings. The largest absolute Gasteiger partial charge is 0.477 e. The minimum atomic E-state index is -1.21. The number of nitriles is 1. The standard InChI is InChI=1S/C38H22N2O2S3/c39-22-26(38(41)42)17-30-20-36-37(43-30)21-33(44-36)25-11-14-31-32-15-13-29(19-35(32)45-34(31)18-25)40(27-8-2-1-3-9-27)28-12-10-23-6-4-5-7-24(23)16-28/h1-21H,(H,41,42). The first-order chi connectivity index (χ1) is 22.0. The summed E-state index contributed by atoms with van der Waals surface area (Å²) >= 11 is 4.99. The molecule has 5 aromatic carbocycles. The second kappa shape index (κ2) is 11.0. The fourth-order valence-corrected chi connectivity index (χ4v) is 9.28. The van der Waals surface area contributed by atoms with E-state index in [1.165, 1.54) is 48.4 Å². The van der Waals surface area contributed by atoms with Gasteiger partial charge < -0.3 is 10.0 Å². The number of benzene rings is 5. The van der Waals surface area contributed by atoms with E-state index in [9.17, 15) is 9.90 Å². The molecule has 0 bridgehead atoms. The van der Waals surface area contributed by atoms with Gasteiger partial charge in [-0.1, -0.05) is 66.7 Å². The van der Waals surface area contributed by atoms with Crippen molar-refractivity contribution < 1.29 is 9.90 Å². The van der Waals surface area contributed by atoms with Gasteiger partial charge in [-0.05, 0) is 77.0 Å². The average molecular weight is 635 g/mol. The highest BCUT2D eigenvalue weighted by atomic mass is 32.1. The van der Waals surface area contributed by atoms with Crippen molar-refractivity contribution in [3.05, 3.63) is 132 Å². The molecule has 4 nitrogen and oxygen atoms in total. The number of para-hydroxylation sites is 1. The van der Waals surface area contributed by atoms with Gasteiger partial charge in [0.2, 0.25) is 0 Å². The maximum Gasteiger partial charge on any atom is 0.346 e. The third-order valence-corrected chi connectivity index (χ3v) is 11.3. The van der Waals surface area contributed by atoms with Gasteiger partial charge in [0.15, 0.2) is 0 Å². The van der Waals surface area contributed by atoms with Gasteiger partial charge in [-0.25, -0.2) is 4.79 Å². The second-order valence-corrected chi connectivity index (χ2v) is 13.9. The highest BCUT2D eigenvalue weighted by Crippen LogP contribution is 2.44. The number of carbonyl (C=O) groups is 1. The molecule has 0 saturated heterocycles. The van der Waals surface area contributed by atoms with Gasteiger partial charge in [0, 0.05) is 56.4 Å². The molecule has 0 spiro atoms. The van der Waals surface area contributed by atoms with E-state index in [2.05, 4.69) is 114 Å². The van der Waals surface area contributed by atoms with Crippen LogP contribution < -0.4 is 4.90 Å². The highest BCUT2D eigenvalue weighted by Gasteiger charge is 2.16. The molecule has 0 aliphatic heterocycles. The van der Waals surface area contributed by atoms with Crippen LogP contribution in [0.2, 0.25) is 0 Å². The maximum atomic E-state index is 11.2. The van der Waals surface area contributed by atoms with Crippen molar-refractivity contribution in [3.8, 4) is 16.5 Å². The van der Waals surface area contributed by atoms with Crippen LogP contribution in [0.3, 0.4) is 0 Å². The molecule has 0 amide bonds. The molecule has 214 valence electrons. The van der Waals surface area contributed by atoms with Crippen molar-refractivity contribution in [1.29, 1.82) is 5.26 Å². The molecule has 1 N–H and O–H groups in total. The van der Waals surface area contributed by atoms with Crippen molar-refractivity contribution in [2.75, 3.05) is 4.90 Å². The third kappa shape index (κ3) is 4.95. The Morgan fingerprint density at radius 1 is 0.644 bits per heavy atom. The Hall–Kier alpha value is -5.26. The van der Waals surface area contributed by atoms with E-state index in [0.717, 1.165) is 41.8 Å². The topological polar surface area (TPSA) is 64.3 Å². The Balaban J connectivity index is 1.18. The zero-order valence-corrected chi connectivity index (χ0v) is 26.0. The van der Waals surface area contributed by atoms with Gasteiger partial charge in [0.05, 0.1) is 0 Å². The number of carboxylic acids is 1. The van der Waals surface area contributed by atoms with E-state index in [4.69, 9.17) is 5.26 Å². The smallest absolute Gasteiger partial charge is 0.346 e. The fourth-order valence-electron chi connectivity index (χ4n) is 5.75. The Morgan fingerprint density at radius 2 is 1.33 bits per heavy atom. The lowest BCUT2D eigenvalue weighted by atomic mass is 10.1. The number of thiophene rings is 3. The molecule has 7 heteroatoms. The maximum absolute atomic E-state index is 11.2. The molecule has 0 aliphatic carbocycles. The van der Waals surface area contributed by atoms with Crippen LogP contribution in [0, 0.1) is 11.3 Å². The Kier molecular flexibility index (Phi) is 6.69. The minimum Gasteiger partial charge on any atom is -0.477 e. The summed E-state index contributed by atoms with van der Waals surface area (Å²) in [4.78, 5) is 15.5. The van der Waals surface area contributed by atoms with Crippen LogP contribution in [-0.2, 0) is 4.79 Å². The molecular formula is C38H22N2O2S3. The SMILES string of the molecule is N#CC(=Cc1cc2sc(-c3ccc4c(c3)sc3cc(N(c5ccccc5)c5ccc6ccccc6c5)ccc34)cc2s1)C(=O)O. The Labute approximate surface area is 270 Å². The van der Waals surface area contributed by atoms with Crippen molar-refractivity contribution in [2.45, 2.75) is 0 Å². The normalized spacial score (nSPS) is 11.8. The Morgan fingerprint density at radius 3 is 2.11 bits per heavy atom. The molecule has 0 fully saturated rings. The summed E-state index contributed by atoms with van der Waals surface area (Å²) in [7, 11) is 0. The molecule has 8 rings (SSSR count). The lowest BCUT2D eigenvalue weighted by Crippen LogP contribution is -2.09. The van der Waals surface area contributed by atoms with Crippen molar-refractivity contribution >= 4 is 103 Å². The molecule has 0 atom stereocenters. The van der Waals surface area contributed by atoms with Crippen LogP contribution in [0.25, 0.3) is 56.9 Å². The molecule has 3 heterocycles. The van der Waals surface area contributed by atoms with E-state index in [-0.39, 0.29) is 5.57 Å². The molecular weight excluding hydrogens is 613 g/mol. The zero-order valence-electron chi connectivity index (χ0n) is 23.6. The van der Waals surface area contributed by atoms with Gasteiger partial charge in [0.25, 0.3) is 0 Å². The number of rotatable bonds is 6. The highest BCUT2D eigenvalue weighted by molar-refractivity contribution is 7.30. The number of hydrogen-bond donors (Lipinski definition) is 1.